The molecule has 2 aliphatic rings. The van der Waals surface area contributed by atoms with Crippen molar-refractivity contribution in [1.82, 2.24) is 19.7 Å². The summed E-state index contributed by atoms with van der Waals surface area (Å²) in [7, 11) is 0. The summed E-state index contributed by atoms with van der Waals surface area (Å²) in [5.74, 6) is 0.437. The van der Waals surface area contributed by atoms with Gasteiger partial charge in [0, 0.05) is 49.6 Å². The maximum atomic E-state index is 12.3. The van der Waals surface area contributed by atoms with Crippen LogP contribution in [0.3, 0.4) is 0 Å². The number of hydrogen-bond donors (Lipinski definition) is 0. The summed E-state index contributed by atoms with van der Waals surface area (Å²) in [5, 5.41) is 4.57. The van der Waals surface area contributed by atoms with Gasteiger partial charge in [-0.1, -0.05) is 24.3 Å². The lowest BCUT2D eigenvalue weighted by atomic mass is 9.94. The quantitative estimate of drug-likeness (QED) is 0.672. The topological polar surface area (TPSA) is 60.2 Å². The second kappa shape index (κ2) is 7.89. The Morgan fingerprint density at radius 3 is 2.69 bits per heavy atom. The van der Waals surface area contributed by atoms with Gasteiger partial charge in [0.05, 0.1) is 24.9 Å². The van der Waals surface area contributed by atoms with Gasteiger partial charge in [0.1, 0.15) is 0 Å². The van der Waals surface area contributed by atoms with Crippen LogP contribution in [0.15, 0.2) is 65.7 Å². The minimum absolute atomic E-state index is 0.0502. The molecule has 1 saturated heterocycles. The van der Waals surface area contributed by atoms with Crippen LogP contribution in [-0.2, 0) is 17.7 Å². The zero-order chi connectivity index (χ0) is 19.6. The predicted octanol–water partition coefficient (Wildman–Crippen LogP) is 2.55. The van der Waals surface area contributed by atoms with Gasteiger partial charge >= 0.3 is 0 Å². The molecule has 1 unspecified atom stereocenters. The summed E-state index contributed by atoms with van der Waals surface area (Å²) < 4.78 is 7.64. The Hall–Kier alpha value is -2.83. The molecule has 148 valence electrons. The number of ether oxygens (including phenoxy) is 1. The molecule has 0 aliphatic carbocycles. The Bertz CT molecular complexity index is 1040. The molecule has 1 fully saturated rings. The van der Waals surface area contributed by atoms with E-state index in [9.17, 15) is 4.79 Å². The number of fused-ring (bicyclic) bond motifs is 1. The first-order chi connectivity index (χ1) is 14.3. The lowest BCUT2D eigenvalue weighted by Gasteiger charge is -2.42. The first-order valence-corrected chi connectivity index (χ1v) is 10.2. The van der Waals surface area contributed by atoms with Crippen LogP contribution in [0, 0.1) is 5.92 Å². The van der Waals surface area contributed by atoms with Gasteiger partial charge in [-0.25, -0.2) is 4.68 Å². The minimum atomic E-state index is -0.0502. The van der Waals surface area contributed by atoms with Gasteiger partial charge in [0.25, 0.3) is 5.56 Å². The zero-order valence-electron chi connectivity index (χ0n) is 16.3. The van der Waals surface area contributed by atoms with Crippen LogP contribution < -0.4 is 5.56 Å². The lowest BCUT2D eigenvalue weighted by molar-refractivity contribution is -0.0176. The van der Waals surface area contributed by atoms with Crippen molar-refractivity contribution in [3.63, 3.8) is 0 Å². The van der Waals surface area contributed by atoms with E-state index in [0.29, 0.717) is 12.5 Å². The van der Waals surface area contributed by atoms with Crippen molar-refractivity contribution in [2.45, 2.75) is 19.1 Å². The molecule has 29 heavy (non-hydrogen) atoms. The van der Waals surface area contributed by atoms with E-state index < -0.39 is 0 Å². The summed E-state index contributed by atoms with van der Waals surface area (Å²) in [5.41, 5.74) is 4.45. The number of rotatable bonds is 5. The van der Waals surface area contributed by atoms with Crippen LogP contribution in [0.1, 0.15) is 17.2 Å². The Balaban J connectivity index is 1.21. The van der Waals surface area contributed by atoms with E-state index in [1.807, 2.05) is 12.1 Å². The van der Waals surface area contributed by atoms with E-state index in [4.69, 9.17) is 4.74 Å². The highest BCUT2D eigenvalue weighted by atomic mass is 16.5. The third kappa shape index (κ3) is 3.86. The van der Waals surface area contributed by atoms with Gasteiger partial charge in [0.15, 0.2) is 0 Å². The van der Waals surface area contributed by atoms with Crippen molar-refractivity contribution in [1.29, 1.82) is 0 Å². The SMILES string of the molecule is O=c1ccc(-c2ccncc2)nn1CC1CN(CC2OCCc3ccccc32)C1. The van der Waals surface area contributed by atoms with Crippen molar-refractivity contribution in [3.8, 4) is 11.3 Å². The molecule has 0 bridgehead atoms. The largest absolute Gasteiger partial charge is 0.372 e. The van der Waals surface area contributed by atoms with Crippen molar-refractivity contribution in [3.05, 3.63) is 82.4 Å². The van der Waals surface area contributed by atoms with Gasteiger partial charge in [-0.2, -0.15) is 5.10 Å². The minimum Gasteiger partial charge on any atom is -0.372 e. The van der Waals surface area contributed by atoms with Crippen LogP contribution in [0.2, 0.25) is 0 Å². The van der Waals surface area contributed by atoms with Crippen molar-refractivity contribution >= 4 is 0 Å². The molecular formula is C23H24N4O2. The molecule has 4 heterocycles. The summed E-state index contributed by atoms with van der Waals surface area (Å²) in [6.07, 6.45) is 4.62. The fourth-order valence-corrected chi connectivity index (χ4v) is 4.30. The molecule has 6 heteroatoms. The molecule has 0 spiro atoms. The maximum absolute atomic E-state index is 12.3. The molecule has 0 N–H and O–H groups in total. The Kier molecular flexibility index (Phi) is 4.96. The maximum Gasteiger partial charge on any atom is 0.266 e. The van der Waals surface area contributed by atoms with Gasteiger partial charge in [0.2, 0.25) is 0 Å². The summed E-state index contributed by atoms with van der Waals surface area (Å²) >= 11 is 0. The fraction of sp³-hybridized carbons (Fsp3) is 0.348. The number of likely N-dealkylation sites (tertiary alicyclic amines) is 1. The van der Waals surface area contributed by atoms with Crippen molar-refractivity contribution < 1.29 is 4.74 Å². The third-order valence-corrected chi connectivity index (χ3v) is 5.82. The van der Waals surface area contributed by atoms with Crippen LogP contribution in [0.5, 0.6) is 0 Å². The molecule has 1 atom stereocenters. The fourth-order valence-electron chi connectivity index (χ4n) is 4.30. The first-order valence-electron chi connectivity index (χ1n) is 10.2. The lowest BCUT2D eigenvalue weighted by Crippen LogP contribution is -2.51. The van der Waals surface area contributed by atoms with Crippen molar-refractivity contribution in [2.24, 2.45) is 5.92 Å². The standard InChI is InChI=1S/C23H24N4O2/c28-23-6-5-21(19-7-10-24-11-8-19)25-27(23)15-17-13-26(14-17)16-22-20-4-2-1-3-18(20)9-12-29-22/h1-8,10-11,17,22H,9,12-16H2. The molecule has 5 rings (SSSR count). The van der Waals surface area contributed by atoms with E-state index in [2.05, 4.69) is 39.2 Å². The Morgan fingerprint density at radius 2 is 1.83 bits per heavy atom. The normalized spacial score (nSPS) is 19.5. The highest BCUT2D eigenvalue weighted by Gasteiger charge is 2.31. The molecule has 2 aromatic heterocycles. The van der Waals surface area contributed by atoms with Crippen LogP contribution in [0.4, 0.5) is 0 Å². The van der Waals surface area contributed by atoms with Crippen LogP contribution >= 0.6 is 0 Å². The van der Waals surface area contributed by atoms with Gasteiger partial charge in [-0.05, 0) is 35.7 Å². The molecule has 6 nitrogen and oxygen atoms in total. The summed E-state index contributed by atoms with van der Waals surface area (Å²) in [6, 6.07) is 15.8. The molecule has 1 aromatic carbocycles. The predicted molar refractivity (Wildman–Crippen MR) is 110 cm³/mol. The Labute approximate surface area is 169 Å². The van der Waals surface area contributed by atoms with Crippen molar-refractivity contribution in [2.75, 3.05) is 26.2 Å². The molecule has 3 aromatic rings. The second-order valence-corrected chi connectivity index (χ2v) is 7.87. The smallest absolute Gasteiger partial charge is 0.266 e. The van der Waals surface area contributed by atoms with Gasteiger partial charge < -0.3 is 4.74 Å². The molecule has 0 saturated carbocycles. The molecule has 2 aliphatic heterocycles. The molecule has 0 radical (unpaired) electrons. The molecular weight excluding hydrogens is 364 g/mol. The zero-order valence-corrected chi connectivity index (χ0v) is 16.3. The van der Waals surface area contributed by atoms with Crippen LogP contribution in [0.25, 0.3) is 11.3 Å². The summed E-state index contributed by atoms with van der Waals surface area (Å²) in [4.78, 5) is 18.7. The highest BCUT2D eigenvalue weighted by Crippen LogP contribution is 2.30. The Morgan fingerprint density at radius 1 is 1.00 bits per heavy atom. The van der Waals surface area contributed by atoms with E-state index in [-0.39, 0.29) is 11.7 Å². The molecule has 0 amide bonds. The van der Waals surface area contributed by atoms with Crippen LogP contribution in [-0.4, -0.2) is 45.9 Å². The number of hydrogen-bond acceptors (Lipinski definition) is 5. The van der Waals surface area contributed by atoms with E-state index >= 15 is 0 Å². The number of nitrogens with zero attached hydrogens (tertiary/aromatic N) is 4. The van der Waals surface area contributed by atoms with E-state index in [1.54, 1.807) is 29.2 Å². The highest BCUT2D eigenvalue weighted by molar-refractivity contribution is 5.56. The second-order valence-electron chi connectivity index (χ2n) is 7.87. The first kappa shape index (κ1) is 18.2. The van der Waals surface area contributed by atoms with Gasteiger partial charge in [-0.3, -0.25) is 14.7 Å². The van der Waals surface area contributed by atoms with E-state index in [1.165, 1.54) is 11.1 Å². The summed E-state index contributed by atoms with van der Waals surface area (Å²) in [6.45, 7) is 4.29. The number of benzene rings is 1. The average molecular weight is 388 g/mol. The number of aromatic nitrogens is 3. The van der Waals surface area contributed by atoms with Gasteiger partial charge in [-0.15, -0.1) is 0 Å². The average Bonchev–Trinajstić information content (AvgIpc) is 2.74. The third-order valence-electron chi connectivity index (χ3n) is 5.82. The number of pyridine rings is 1. The van der Waals surface area contributed by atoms with E-state index in [0.717, 1.165) is 43.9 Å². The monoisotopic (exact) mass is 388 g/mol.